The second-order valence-electron chi connectivity index (χ2n) is 22.1. The van der Waals surface area contributed by atoms with Crippen molar-refractivity contribution in [2.45, 2.75) is 6.54 Å². The summed E-state index contributed by atoms with van der Waals surface area (Å²) in [6, 6.07) is 38.0. The molecular weight excluding hydrogens is 1670 g/mol. The maximum absolute atomic E-state index is 11.3. The summed E-state index contributed by atoms with van der Waals surface area (Å²) in [5, 5.41) is 109. The predicted molar refractivity (Wildman–Crippen MR) is 410 cm³/mol. The van der Waals surface area contributed by atoms with Crippen molar-refractivity contribution in [3.05, 3.63) is 225 Å². The van der Waals surface area contributed by atoms with Gasteiger partial charge in [-0.2, -0.15) is 0 Å². The molecule has 620 valence electrons. The maximum Gasteiger partial charge on any atom is 0.379 e. The van der Waals surface area contributed by atoms with Gasteiger partial charge in [-0.25, -0.2) is 29.5 Å². The van der Waals surface area contributed by atoms with Gasteiger partial charge >= 0.3 is 11.9 Å². The molecule has 15 rings (SSSR count). The molecule has 0 radical (unpaired) electrons. The van der Waals surface area contributed by atoms with Crippen LogP contribution in [0.5, 0.6) is 0 Å². The number of hydrogen-bond donors (Lipinski definition) is 8. The lowest BCUT2D eigenvalue weighted by atomic mass is 10.1. The van der Waals surface area contributed by atoms with Gasteiger partial charge in [-0.3, -0.25) is 39.3 Å². The van der Waals surface area contributed by atoms with Crippen LogP contribution in [0, 0.1) is 0 Å². The number of carboxylic acids is 1. The summed E-state index contributed by atoms with van der Waals surface area (Å²) < 4.78 is 9.11. The molecule has 3 amide bonds. The van der Waals surface area contributed by atoms with Crippen LogP contribution in [0.1, 0.15) is 32.4 Å². The number of methoxy groups -OCH3 is 2. The Kier molecular flexibility index (Phi) is 38.6. The van der Waals surface area contributed by atoms with Gasteiger partial charge < -0.3 is 103 Å². The Balaban J connectivity index is 0.000000229. The quantitative estimate of drug-likeness (QED) is 0.0259. The number of rotatable bonds is 20. The smallest absolute Gasteiger partial charge is 0.379 e. The fourth-order valence-corrected chi connectivity index (χ4v) is 8.46. The first-order valence-corrected chi connectivity index (χ1v) is 33.7. The highest BCUT2D eigenvalue weighted by Gasteiger charge is 2.17. The van der Waals surface area contributed by atoms with Crippen molar-refractivity contribution in [1.29, 1.82) is 0 Å². The maximum atomic E-state index is 11.3. The second-order valence-corrected chi connectivity index (χ2v) is 22.1. The molecule has 0 spiro atoms. The van der Waals surface area contributed by atoms with Crippen LogP contribution in [-0.2, 0) is 30.4 Å². The fourth-order valence-electron chi connectivity index (χ4n) is 8.46. The molecule has 122 heavy (non-hydrogen) atoms. The minimum atomic E-state index is -0.990. The lowest BCUT2D eigenvalue weighted by Crippen LogP contribution is -3.00. The normalized spacial score (nSPS) is 9.82. The zero-order valence-corrected chi connectivity index (χ0v) is 65.9. The number of halogens is 4. The number of ether oxygens (including phenoxy) is 2. The highest BCUT2D eigenvalue weighted by molar-refractivity contribution is 5.93. The molecule has 48 nitrogen and oxygen atoms in total. The Labute approximate surface area is 712 Å². The van der Waals surface area contributed by atoms with Crippen LogP contribution in [0.2, 0.25) is 0 Å². The van der Waals surface area contributed by atoms with Gasteiger partial charge in [0.2, 0.25) is 87.6 Å². The predicted octanol–water partition coefficient (Wildman–Crippen LogP) is -10.6. The van der Waals surface area contributed by atoms with Crippen LogP contribution >= 0.6 is 0 Å². The first-order chi connectivity index (χ1) is 57.6. The summed E-state index contributed by atoms with van der Waals surface area (Å²) in [4.78, 5) is 92.1. The van der Waals surface area contributed by atoms with E-state index in [1.165, 1.54) is 51.3 Å². The number of carbonyl (C=O) groups excluding carboxylic acids is 4. The fraction of sp³-hybridized carbons (Fsp3) is 0.0857. The molecule has 13 heterocycles. The van der Waals surface area contributed by atoms with Crippen LogP contribution in [0.25, 0.3) is 109 Å². The lowest BCUT2D eigenvalue weighted by molar-refractivity contribution is -0.115. The molecule has 0 aliphatic rings. The summed E-state index contributed by atoms with van der Waals surface area (Å²) in [7, 11) is 2.63. The number of nitrogens with one attached hydrogen (secondary N) is 3. The third-order valence-corrected chi connectivity index (χ3v) is 14.2. The molecule has 0 unspecified atom stereocenters. The Morgan fingerprint density at radius 3 is 0.959 bits per heavy atom. The molecule has 15 aromatic rings. The number of aromatic nitrogens is 33. The average Bonchev–Trinajstić information content (AvgIpc) is 0.843. The van der Waals surface area contributed by atoms with E-state index in [4.69, 9.17) is 32.8 Å². The van der Waals surface area contributed by atoms with E-state index < -0.39 is 11.9 Å². The first kappa shape index (κ1) is 94.7. The van der Waals surface area contributed by atoms with Crippen LogP contribution in [0.3, 0.4) is 0 Å². The Bertz CT molecular complexity index is 5540. The number of pyridine rings is 5. The Hall–Kier alpha value is -16.1. The zero-order chi connectivity index (χ0) is 83.2. The standard InChI is InChI=1S/C16H16N10O2.C13H11N9O.C13H8N6O2.C12H8N6.C9H9N5.C7H8N4O3.4ClH/c17-5-13(27)21-9-1-3-11(19-7-9)15-23-25-16(26-24-15)12-4-2-10(8-20-12)22-14(28)6-18;14-6-10(23)18-8-2-3-9(17-7-8)11-19-21-13(22-20-11)12-15-4-1-5-16-12;20-13(21)9-4-2-8(3-5-9)10-16-18-12(19-17-10)11-14-6-1-7-15-11;1-3-7-13-9(5-1)11-15-17-12(18-16-11)10-6-2-4-8-14-10;10-5-7-1-3-8(4-2-7)9-13-11-6-12-14-9;1-4(13-2)5-8-10-6(11-9-5)7(12)14-3;;;;/h1-4,7-8H,5-6,17-18H2,(H,21,27)(H,22,28);1-5,7H,6,14H2,(H,18,23);1-7H,(H,20,21);1-8H;1-4,6H,5,10H2;1H2,2-3H3;4*1H/p-4. The van der Waals surface area contributed by atoms with E-state index in [2.05, 4.69) is 194 Å². The minimum absolute atomic E-state index is 0. The first-order valence-electron chi connectivity index (χ1n) is 33.7. The molecule has 13 aromatic heterocycles. The van der Waals surface area contributed by atoms with Gasteiger partial charge in [0.1, 0.15) is 28.5 Å². The van der Waals surface area contributed by atoms with Gasteiger partial charge in [-0.1, -0.05) is 55.1 Å². The topological polar surface area (TPSA) is 690 Å². The highest BCUT2D eigenvalue weighted by Crippen LogP contribution is 2.21. The van der Waals surface area contributed by atoms with Gasteiger partial charge in [0.05, 0.1) is 75.1 Å². The molecule has 0 fully saturated rings. The molecule has 0 saturated carbocycles. The van der Waals surface area contributed by atoms with Gasteiger partial charge in [0.25, 0.3) is 5.82 Å². The highest BCUT2D eigenvalue weighted by atomic mass is 35.5. The Morgan fingerprint density at radius 2 is 0.656 bits per heavy atom. The number of carbonyl (C=O) groups is 5. The molecule has 0 aliphatic heterocycles. The van der Waals surface area contributed by atoms with Gasteiger partial charge in [0.15, 0.2) is 12.1 Å². The number of aromatic carboxylic acids is 1. The van der Waals surface area contributed by atoms with Crippen molar-refractivity contribution in [2.24, 2.45) is 22.9 Å². The summed E-state index contributed by atoms with van der Waals surface area (Å²) in [6.07, 6.45) is 15.3. The number of hydrogen-bond acceptors (Lipinski definition) is 44. The zero-order valence-electron chi connectivity index (χ0n) is 62.9. The number of nitrogens with zero attached hydrogens (tertiary/aromatic N) is 33. The van der Waals surface area contributed by atoms with E-state index in [9.17, 15) is 24.0 Å². The van der Waals surface area contributed by atoms with E-state index in [-0.39, 0.29) is 139 Å². The van der Waals surface area contributed by atoms with Crippen LogP contribution < -0.4 is 88.5 Å². The monoisotopic (exact) mass is 1730 g/mol. The number of esters is 1. The molecule has 0 saturated heterocycles. The van der Waals surface area contributed by atoms with Crippen molar-refractivity contribution >= 4 is 52.5 Å². The van der Waals surface area contributed by atoms with E-state index in [0.717, 1.165) is 11.1 Å². The van der Waals surface area contributed by atoms with E-state index in [1.54, 1.807) is 110 Å². The van der Waals surface area contributed by atoms with Crippen LogP contribution in [0.4, 0.5) is 17.1 Å². The minimum Gasteiger partial charge on any atom is -1.00 e. The molecule has 0 bridgehead atoms. The second kappa shape index (κ2) is 49.7. The van der Waals surface area contributed by atoms with Crippen molar-refractivity contribution in [3.8, 4) is 104 Å². The van der Waals surface area contributed by atoms with Crippen molar-refractivity contribution in [2.75, 3.05) is 49.8 Å². The largest absolute Gasteiger partial charge is 1.00 e. The Morgan fingerprint density at radius 1 is 0.336 bits per heavy atom. The molecule has 2 aromatic carbocycles. The number of nitrogens with two attached hydrogens (primary N) is 4. The third kappa shape index (κ3) is 28.7. The summed E-state index contributed by atoms with van der Waals surface area (Å²) in [5.41, 5.74) is 28.1. The summed E-state index contributed by atoms with van der Waals surface area (Å²) >= 11 is 0. The lowest BCUT2D eigenvalue weighted by Gasteiger charge is -2.05. The van der Waals surface area contributed by atoms with Crippen molar-refractivity contribution < 1.29 is 88.2 Å². The van der Waals surface area contributed by atoms with Crippen molar-refractivity contribution in [3.63, 3.8) is 0 Å². The van der Waals surface area contributed by atoms with Crippen LogP contribution in [-0.4, -0.2) is 236 Å². The molecule has 12 N–H and O–H groups in total. The molecular formula is C70H60Cl4N40O8-4. The number of anilines is 3. The van der Waals surface area contributed by atoms with E-state index >= 15 is 0 Å². The van der Waals surface area contributed by atoms with E-state index in [0.29, 0.717) is 92.6 Å². The number of benzene rings is 2. The summed E-state index contributed by atoms with van der Waals surface area (Å²) in [6.45, 7) is 3.70. The van der Waals surface area contributed by atoms with Crippen LogP contribution in [0.15, 0.2) is 202 Å². The van der Waals surface area contributed by atoms with Gasteiger partial charge in [-0.15, -0.1) is 122 Å². The van der Waals surface area contributed by atoms with Gasteiger partial charge in [-0.05, 0) is 90.5 Å². The molecule has 0 atom stereocenters. The molecule has 52 heteroatoms. The average molecular weight is 1730 g/mol. The van der Waals surface area contributed by atoms with E-state index in [1.807, 2.05) is 48.5 Å². The molecule has 0 aliphatic carbocycles. The number of carboxylic acid groups (broad SMARTS) is 1. The van der Waals surface area contributed by atoms with Crippen molar-refractivity contribution in [1.82, 2.24) is 167 Å². The SMILES string of the molecule is C=C(OC)c1nnc(C(=O)OC)nn1.NCC(=O)Nc1ccc(-c2nnc(-c3ccc(NC(=O)CN)cn3)nn2)nc1.NCC(=O)Nc1ccc(-c2nnc(-c3ncccn3)nn2)nc1.NCc1ccc(-c2nncnn2)cc1.O=C(O)c1ccc(-c2nnc(-c3ncccn3)nn2)cc1.[Cl-].[Cl-].[Cl-].[Cl-].c1ccc(-c2nnc(-c3ccccn3)nn2)nc1. The van der Waals surface area contributed by atoms with Gasteiger partial charge in [0, 0.05) is 54.9 Å². The third-order valence-electron chi connectivity index (χ3n) is 14.2. The summed E-state index contributed by atoms with van der Waals surface area (Å²) in [5.74, 6) is 0.941. The number of amides is 3.